The van der Waals surface area contributed by atoms with Gasteiger partial charge in [0.1, 0.15) is 5.69 Å². The Morgan fingerprint density at radius 3 is 2.81 bits per heavy atom. The molecule has 1 aromatic heterocycles. The number of nitrogen functional groups attached to an aromatic ring is 1. The molecule has 2 rings (SSSR count). The number of aromatic nitrogens is 2. The van der Waals surface area contributed by atoms with E-state index in [2.05, 4.69) is 5.10 Å². The molecular weight excluding hydrogens is 272 g/mol. The molecule has 1 aliphatic rings. The van der Waals surface area contributed by atoms with E-state index in [-0.39, 0.29) is 17.8 Å². The van der Waals surface area contributed by atoms with Crippen molar-refractivity contribution in [3.63, 3.8) is 0 Å². The quantitative estimate of drug-likeness (QED) is 0.833. The van der Waals surface area contributed by atoms with Crippen molar-refractivity contribution >= 4 is 17.6 Å². The lowest BCUT2D eigenvalue weighted by Crippen LogP contribution is -2.43. The number of methoxy groups -OCH3 is 1. The van der Waals surface area contributed by atoms with Gasteiger partial charge in [0.15, 0.2) is 0 Å². The standard InChI is InChI=1S/C14H22N4O3/c1-4-18-12(11(15)9(2)16-18)13(19)17-7-5-6-10(8-17)14(20)21-3/h10H,4-8,15H2,1-3H3. The van der Waals surface area contributed by atoms with Crippen LogP contribution in [0.4, 0.5) is 5.69 Å². The summed E-state index contributed by atoms with van der Waals surface area (Å²) in [5.41, 5.74) is 7.47. The van der Waals surface area contributed by atoms with Crippen LogP contribution < -0.4 is 5.73 Å². The van der Waals surface area contributed by atoms with Crippen LogP contribution in [0, 0.1) is 12.8 Å². The van der Waals surface area contributed by atoms with Gasteiger partial charge in [-0.05, 0) is 26.7 Å². The molecule has 1 atom stereocenters. The number of esters is 1. The van der Waals surface area contributed by atoms with Crippen molar-refractivity contribution < 1.29 is 14.3 Å². The molecule has 2 heterocycles. The molecule has 1 aromatic rings. The summed E-state index contributed by atoms with van der Waals surface area (Å²) in [6.07, 6.45) is 1.53. The van der Waals surface area contributed by atoms with Crippen LogP contribution in [0.25, 0.3) is 0 Å². The predicted octanol–water partition coefficient (Wildman–Crippen LogP) is 0.819. The van der Waals surface area contributed by atoms with Crippen molar-refractivity contribution in [3.05, 3.63) is 11.4 Å². The zero-order chi connectivity index (χ0) is 15.6. The number of carbonyl (C=O) groups is 2. The second-order valence-corrected chi connectivity index (χ2v) is 5.28. The van der Waals surface area contributed by atoms with Gasteiger partial charge in [-0.1, -0.05) is 0 Å². The van der Waals surface area contributed by atoms with E-state index >= 15 is 0 Å². The summed E-state index contributed by atoms with van der Waals surface area (Å²) >= 11 is 0. The summed E-state index contributed by atoms with van der Waals surface area (Å²) < 4.78 is 6.40. The molecule has 2 N–H and O–H groups in total. The normalized spacial score (nSPS) is 18.6. The number of aryl methyl sites for hydroxylation is 2. The maximum Gasteiger partial charge on any atom is 0.310 e. The van der Waals surface area contributed by atoms with Crippen molar-refractivity contribution in [2.45, 2.75) is 33.2 Å². The van der Waals surface area contributed by atoms with Crippen molar-refractivity contribution in [2.24, 2.45) is 5.92 Å². The monoisotopic (exact) mass is 294 g/mol. The van der Waals surface area contributed by atoms with Crippen LogP contribution in [0.5, 0.6) is 0 Å². The average molecular weight is 294 g/mol. The fourth-order valence-electron chi connectivity index (χ4n) is 2.72. The summed E-state index contributed by atoms with van der Waals surface area (Å²) in [6.45, 7) is 5.27. The number of rotatable bonds is 3. The Balaban J connectivity index is 2.22. The highest BCUT2D eigenvalue weighted by molar-refractivity contribution is 5.98. The van der Waals surface area contributed by atoms with Gasteiger partial charge < -0.3 is 15.4 Å². The Kier molecular flexibility index (Phi) is 4.50. The number of hydrogen-bond donors (Lipinski definition) is 1. The molecule has 1 aliphatic heterocycles. The minimum atomic E-state index is -0.263. The Morgan fingerprint density at radius 1 is 1.48 bits per heavy atom. The number of likely N-dealkylation sites (tertiary alicyclic amines) is 1. The second kappa shape index (κ2) is 6.15. The van der Waals surface area contributed by atoms with E-state index in [0.717, 1.165) is 12.8 Å². The van der Waals surface area contributed by atoms with Gasteiger partial charge in [0.25, 0.3) is 5.91 Å². The van der Waals surface area contributed by atoms with Crippen LogP contribution in [0.3, 0.4) is 0 Å². The molecule has 0 radical (unpaired) electrons. The number of piperidine rings is 1. The smallest absolute Gasteiger partial charge is 0.310 e. The zero-order valence-corrected chi connectivity index (χ0v) is 12.8. The van der Waals surface area contributed by atoms with Gasteiger partial charge in [0.05, 0.1) is 24.4 Å². The third kappa shape index (κ3) is 2.86. The average Bonchev–Trinajstić information content (AvgIpc) is 2.80. The Hall–Kier alpha value is -2.05. The van der Waals surface area contributed by atoms with Crippen molar-refractivity contribution in [3.8, 4) is 0 Å². The van der Waals surface area contributed by atoms with E-state index < -0.39 is 0 Å². The molecule has 0 bridgehead atoms. The van der Waals surface area contributed by atoms with Gasteiger partial charge in [-0.3, -0.25) is 14.3 Å². The molecular formula is C14H22N4O3. The third-order valence-electron chi connectivity index (χ3n) is 3.92. The van der Waals surface area contributed by atoms with Gasteiger partial charge in [-0.2, -0.15) is 5.10 Å². The van der Waals surface area contributed by atoms with E-state index in [4.69, 9.17) is 10.5 Å². The molecule has 7 nitrogen and oxygen atoms in total. The van der Waals surface area contributed by atoms with E-state index in [1.807, 2.05) is 6.92 Å². The third-order valence-corrected chi connectivity index (χ3v) is 3.92. The van der Waals surface area contributed by atoms with Crippen molar-refractivity contribution in [1.82, 2.24) is 14.7 Å². The van der Waals surface area contributed by atoms with Crippen LogP contribution in [0.2, 0.25) is 0 Å². The minimum Gasteiger partial charge on any atom is -0.469 e. The molecule has 0 aromatic carbocycles. The molecule has 0 saturated carbocycles. The predicted molar refractivity (Wildman–Crippen MR) is 77.7 cm³/mol. The van der Waals surface area contributed by atoms with E-state index in [1.165, 1.54) is 7.11 Å². The van der Waals surface area contributed by atoms with Crippen LogP contribution in [-0.2, 0) is 16.1 Å². The van der Waals surface area contributed by atoms with E-state index in [0.29, 0.717) is 36.7 Å². The summed E-state index contributed by atoms with van der Waals surface area (Å²) in [5.74, 6) is -0.683. The highest BCUT2D eigenvalue weighted by Gasteiger charge is 2.32. The first-order chi connectivity index (χ1) is 9.99. The Morgan fingerprint density at radius 2 is 2.19 bits per heavy atom. The van der Waals surface area contributed by atoms with Crippen molar-refractivity contribution in [2.75, 3.05) is 25.9 Å². The molecule has 21 heavy (non-hydrogen) atoms. The van der Waals surface area contributed by atoms with Gasteiger partial charge in [-0.25, -0.2) is 0 Å². The van der Waals surface area contributed by atoms with Gasteiger partial charge in [-0.15, -0.1) is 0 Å². The lowest BCUT2D eigenvalue weighted by molar-refractivity contribution is -0.146. The highest BCUT2D eigenvalue weighted by Crippen LogP contribution is 2.23. The van der Waals surface area contributed by atoms with E-state index in [9.17, 15) is 9.59 Å². The lowest BCUT2D eigenvalue weighted by Gasteiger charge is -2.31. The molecule has 1 saturated heterocycles. The number of hydrogen-bond acceptors (Lipinski definition) is 5. The number of nitrogens with zero attached hydrogens (tertiary/aromatic N) is 3. The van der Waals surface area contributed by atoms with Crippen LogP contribution in [0.15, 0.2) is 0 Å². The van der Waals surface area contributed by atoms with Crippen LogP contribution >= 0.6 is 0 Å². The Bertz CT molecular complexity index is 553. The first kappa shape index (κ1) is 15.3. The number of nitrogens with two attached hydrogens (primary N) is 1. The fraction of sp³-hybridized carbons (Fsp3) is 0.643. The zero-order valence-electron chi connectivity index (χ0n) is 12.8. The Labute approximate surface area is 124 Å². The molecule has 1 fully saturated rings. The lowest BCUT2D eigenvalue weighted by atomic mass is 9.98. The summed E-state index contributed by atoms with van der Waals surface area (Å²) in [6, 6.07) is 0. The highest BCUT2D eigenvalue weighted by atomic mass is 16.5. The van der Waals surface area contributed by atoms with Crippen LogP contribution in [0.1, 0.15) is 35.9 Å². The maximum atomic E-state index is 12.7. The number of carbonyl (C=O) groups excluding carboxylic acids is 2. The van der Waals surface area contributed by atoms with Crippen LogP contribution in [-0.4, -0.2) is 46.8 Å². The molecule has 0 spiro atoms. The topological polar surface area (TPSA) is 90.5 Å². The summed E-state index contributed by atoms with van der Waals surface area (Å²) in [5, 5.41) is 4.27. The molecule has 1 unspecified atom stereocenters. The fourth-order valence-corrected chi connectivity index (χ4v) is 2.72. The number of anilines is 1. The van der Waals surface area contributed by atoms with Gasteiger partial charge in [0, 0.05) is 19.6 Å². The van der Waals surface area contributed by atoms with Gasteiger partial charge >= 0.3 is 5.97 Å². The minimum absolute atomic E-state index is 0.163. The van der Waals surface area contributed by atoms with Gasteiger partial charge in [0.2, 0.25) is 0 Å². The largest absolute Gasteiger partial charge is 0.469 e. The van der Waals surface area contributed by atoms with E-state index in [1.54, 1.807) is 16.5 Å². The molecule has 1 amide bonds. The first-order valence-electron chi connectivity index (χ1n) is 7.19. The molecule has 116 valence electrons. The second-order valence-electron chi connectivity index (χ2n) is 5.28. The summed E-state index contributed by atoms with van der Waals surface area (Å²) in [4.78, 5) is 26.0. The SMILES string of the molecule is CCn1nc(C)c(N)c1C(=O)N1CCCC(C(=O)OC)C1. The molecule has 0 aliphatic carbocycles. The number of amides is 1. The van der Waals surface area contributed by atoms with Crippen molar-refractivity contribution in [1.29, 1.82) is 0 Å². The first-order valence-corrected chi connectivity index (χ1v) is 7.19. The molecule has 7 heteroatoms. The number of ether oxygens (including phenoxy) is 1. The maximum absolute atomic E-state index is 12.7. The summed E-state index contributed by atoms with van der Waals surface area (Å²) in [7, 11) is 1.37.